The second-order valence-electron chi connectivity index (χ2n) is 10.8. The Bertz CT molecular complexity index is 1370. The van der Waals surface area contributed by atoms with Crippen LogP contribution in [0.15, 0.2) is 47.5 Å². The summed E-state index contributed by atoms with van der Waals surface area (Å²) in [6.07, 6.45) is 4.37. The third kappa shape index (κ3) is 4.47. The summed E-state index contributed by atoms with van der Waals surface area (Å²) < 4.78 is 20.8. The third-order valence-electron chi connectivity index (χ3n) is 8.64. The fraction of sp³-hybridized carbons (Fsp3) is 0.464. The Morgan fingerprint density at radius 3 is 2.75 bits per heavy atom. The van der Waals surface area contributed by atoms with E-state index < -0.39 is 0 Å². The summed E-state index contributed by atoms with van der Waals surface area (Å²) >= 11 is 5.61. The number of fused-ring (bicyclic) bond motifs is 3. The maximum absolute atomic E-state index is 14.3. The molecule has 3 aromatic rings. The molecule has 3 fully saturated rings. The van der Waals surface area contributed by atoms with E-state index in [-0.39, 0.29) is 11.4 Å². The molecule has 1 aromatic heterocycles. The van der Waals surface area contributed by atoms with Gasteiger partial charge in [0.2, 0.25) is 0 Å². The van der Waals surface area contributed by atoms with Crippen molar-refractivity contribution in [2.45, 2.75) is 52.6 Å². The molecule has 3 aliphatic carbocycles. The van der Waals surface area contributed by atoms with Gasteiger partial charge in [-0.25, -0.2) is 9.37 Å². The zero-order valence-corrected chi connectivity index (χ0v) is 22.0. The van der Waals surface area contributed by atoms with Crippen LogP contribution >= 0.6 is 12.2 Å². The topological polar surface area (TPSA) is 68.2 Å². The van der Waals surface area contributed by atoms with Crippen LogP contribution in [0.1, 0.15) is 39.2 Å². The predicted molar refractivity (Wildman–Crippen MR) is 145 cm³/mol. The Balaban J connectivity index is 1.24. The smallest absolute Gasteiger partial charge is 0.261 e. The Morgan fingerprint density at radius 2 is 2.06 bits per heavy atom. The third-order valence-corrected chi connectivity index (χ3v) is 8.86. The van der Waals surface area contributed by atoms with Gasteiger partial charge in [0.15, 0.2) is 5.11 Å². The van der Waals surface area contributed by atoms with E-state index in [2.05, 4.69) is 36.4 Å². The lowest BCUT2D eigenvalue weighted by Gasteiger charge is -2.62. The number of benzene rings is 2. The van der Waals surface area contributed by atoms with Gasteiger partial charge in [0.1, 0.15) is 11.6 Å². The molecule has 0 spiro atoms. The summed E-state index contributed by atoms with van der Waals surface area (Å²) in [5.41, 5.74) is 2.19. The van der Waals surface area contributed by atoms with Gasteiger partial charge in [0.25, 0.3) is 5.56 Å². The van der Waals surface area contributed by atoms with E-state index >= 15 is 0 Å². The van der Waals surface area contributed by atoms with E-state index in [0.717, 1.165) is 23.9 Å². The average Bonchev–Trinajstić information content (AvgIpc) is 2.85. The standard InChI is InChI=1S/C28H33FN4O2S/c1-16-22-11-18(28(22,2)3)12-24(16)32-27(36)31-19-6-8-21-25(13-19)30-15-33(26(21)34)10-9-17-5-7-20(35-4)14-23(17)29/h5-8,13-16,18,22,24H,9-12H2,1-4H3,(H2,31,32,36)/t16-,18-,22+,24-/m0/s1. The van der Waals surface area contributed by atoms with Crippen molar-refractivity contribution in [1.82, 2.24) is 14.9 Å². The molecule has 6 rings (SSSR count). The molecule has 3 aliphatic rings. The number of nitrogens with one attached hydrogen (secondary N) is 2. The van der Waals surface area contributed by atoms with E-state index in [1.165, 1.54) is 30.5 Å². The summed E-state index contributed by atoms with van der Waals surface area (Å²) in [5.74, 6) is 2.19. The number of hydrogen-bond donors (Lipinski definition) is 2. The quantitative estimate of drug-likeness (QED) is 0.449. The van der Waals surface area contributed by atoms with E-state index in [9.17, 15) is 9.18 Å². The minimum atomic E-state index is -0.347. The lowest BCUT2D eigenvalue weighted by molar-refractivity contribution is -0.111. The Morgan fingerprint density at radius 1 is 1.25 bits per heavy atom. The first-order valence-electron chi connectivity index (χ1n) is 12.6. The van der Waals surface area contributed by atoms with Crippen molar-refractivity contribution in [2.75, 3.05) is 12.4 Å². The van der Waals surface area contributed by atoms with Crippen molar-refractivity contribution in [3.8, 4) is 5.75 Å². The highest BCUT2D eigenvalue weighted by Crippen LogP contribution is 2.61. The second-order valence-corrected chi connectivity index (χ2v) is 11.3. The first kappa shape index (κ1) is 24.7. The van der Waals surface area contributed by atoms with Gasteiger partial charge in [-0.05, 0) is 84.5 Å². The van der Waals surface area contributed by atoms with Crippen LogP contribution in [0.25, 0.3) is 10.9 Å². The summed E-state index contributed by atoms with van der Waals surface area (Å²) in [7, 11) is 1.50. The van der Waals surface area contributed by atoms with E-state index in [1.807, 2.05) is 12.1 Å². The number of aryl methyl sites for hydroxylation is 2. The van der Waals surface area contributed by atoms with Crippen LogP contribution in [0, 0.1) is 29.0 Å². The highest BCUT2D eigenvalue weighted by molar-refractivity contribution is 7.80. The first-order chi connectivity index (χ1) is 17.2. The van der Waals surface area contributed by atoms with Crippen LogP contribution in [0.5, 0.6) is 5.75 Å². The van der Waals surface area contributed by atoms with Gasteiger partial charge in [-0.2, -0.15) is 0 Å². The molecule has 8 heteroatoms. The maximum Gasteiger partial charge on any atom is 0.261 e. The van der Waals surface area contributed by atoms with Crippen molar-refractivity contribution in [3.63, 3.8) is 0 Å². The molecule has 190 valence electrons. The Kier molecular flexibility index (Phi) is 6.49. The van der Waals surface area contributed by atoms with E-state index in [4.69, 9.17) is 17.0 Å². The molecule has 3 saturated carbocycles. The van der Waals surface area contributed by atoms with Crippen molar-refractivity contribution in [3.05, 3.63) is 64.5 Å². The minimum Gasteiger partial charge on any atom is -0.497 e. The summed E-state index contributed by atoms with van der Waals surface area (Å²) in [6.45, 7) is 7.44. The molecule has 0 amide bonds. The SMILES string of the molecule is COc1ccc(CCn2cnc3cc(NC(=S)N[C@H]4C[C@@H]5C[C@H]([C@@H]4C)C5(C)C)ccc3c2=O)c(F)c1. The molecule has 2 N–H and O–H groups in total. The molecular formula is C28H33FN4O2S. The van der Waals surface area contributed by atoms with E-state index in [0.29, 0.717) is 57.7 Å². The second kappa shape index (κ2) is 9.47. The van der Waals surface area contributed by atoms with Crippen LogP contribution < -0.4 is 20.9 Å². The first-order valence-corrected chi connectivity index (χ1v) is 13.0. The minimum absolute atomic E-state index is 0.154. The van der Waals surface area contributed by atoms with Gasteiger partial charge in [-0.3, -0.25) is 9.36 Å². The number of hydrogen-bond acceptors (Lipinski definition) is 4. The average molecular weight is 509 g/mol. The van der Waals surface area contributed by atoms with Crippen LogP contribution in [0.3, 0.4) is 0 Å². The molecular weight excluding hydrogens is 475 g/mol. The number of halogens is 1. The molecule has 0 radical (unpaired) electrons. The normalized spacial score (nSPS) is 24.1. The highest BCUT2D eigenvalue weighted by atomic mass is 32.1. The van der Waals surface area contributed by atoms with Gasteiger partial charge in [-0.15, -0.1) is 0 Å². The van der Waals surface area contributed by atoms with Crippen LogP contribution in [-0.4, -0.2) is 27.8 Å². The summed E-state index contributed by atoms with van der Waals surface area (Å²) in [4.78, 5) is 17.5. The number of aromatic nitrogens is 2. The molecule has 0 aliphatic heterocycles. The molecule has 6 nitrogen and oxygen atoms in total. The zero-order chi connectivity index (χ0) is 25.6. The molecule has 4 atom stereocenters. The highest BCUT2D eigenvalue weighted by Gasteiger charge is 2.56. The lowest BCUT2D eigenvalue weighted by atomic mass is 9.45. The molecule has 2 bridgehead atoms. The van der Waals surface area contributed by atoms with Gasteiger partial charge in [-0.1, -0.05) is 26.8 Å². The van der Waals surface area contributed by atoms with Crippen molar-refractivity contribution in [2.24, 2.45) is 23.2 Å². The number of anilines is 1. The number of methoxy groups -OCH3 is 1. The number of thiocarbonyl (C=S) groups is 1. The lowest BCUT2D eigenvalue weighted by Crippen LogP contribution is -2.61. The zero-order valence-electron chi connectivity index (χ0n) is 21.2. The van der Waals surface area contributed by atoms with Gasteiger partial charge >= 0.3 is 0 Å². The number of ether oxygens (including phenoxy) is 1. The summed E-state index contributed by atoms with van der Waals surface area (Å²) in [6, 6.07) is 10.6. The van der Waals surface area contributed by atoms with Gasteiger partial charge < -0.3 is 15.4 Å². The van der Waals surface area contributed by atoms with Crippen molar-refractivity contribution < 1.29 is 9.13 Å². The number of nitrogens with zero attached hydrogens (tertiary/aromatic N) is 2. The largest absolute Gasteiger partial charge is 0.497 e. The summed E-state index contributed by atoms with van der Waals surface area (Å²) in [5, 5.41) is 7.90. The molecule has 36 heavy (non-hydrogen) atoms. The molecule has 0 saturated heterocycles. The van der Waals surface area contributed by atoms with Crippen LogP contribution in [0.4, 0.5) is 10.1 Å². The van der Waals surface area contributed by atoms with Gasteiger partial charge in [0.05, 0.1) is 24.3 Å². The number of rotatable bonds is 6. The van der Waals surface area contributed by atoms with Crippen LogP contribution in [0.2, 0.25) is 0 Å². The fourth-order valence-corrected chi connectivity index (χ4v) is 6.44. The monoisotopic (exact) mass is 508 g/mol. The molecule has 2 aromatic carbocycles. The maximum atomic E-state index is 14.3. The Hall–Kier alpha value is -3.00. The fourth-order valence-electron chi connectivity index (χ4n) is 6.17. The van der Waals surface area contributed by atoms with Gasteiger partial charge in [0, 0.05) is 24.3 Å². The van der Waals surface area contributed by atoms with E-state index in [1.54, 1.807) is 18.2 Å². The predicted octanol–water partition coefficient (Wildman–Crippen LogP) is 5.14. The van der Waals surface area contributed by atoms with Crippen LogP contribution in [-0.2, 0) is 13.0 Å². The molecule has 1 heterocycles. The Labute approximate surface area is 216 Å². The molecule has 0 unspecified atom stereocenters. The van der Waals surface area contributed by atoms with Crippen molar-refractivity contribution in [1.29, 1.82) is 0 Å². The van der Waals surface area contributed by atoms with Crippen molar-refractivity contribution >= 4 is 33.9 Å².